The van der Waals surface area contributed by atoms with Gasteiger partial charge in [-0.25, -0.2) is 0 Å². The molecule has 2 fully saturated rings. The van der Waals surface area contributed by atoms with Crippen molar-refractivity contribution in [1.29, 1.82) is 0 Å². The standard InChI is InChI=1S/C19H28O/c1-18-11-4-3-5-13(18)6-7-14-15-8-9-17(20)19(15,2)12-10-16(14)18/h3,5-6,14-17,20H,4,7-12H2,1-2H3/t14-,15-,16-,17-,18-,19-/m0/s1. The third-order valence-corrected chi connectivity index (χ3v) is 7.60. The summed E-state index contributed by atoms with van der Waals surface area (Å²) in [5.41, 5.74) is 2.26. The zero-order chi connectivity index (χ0) is 14.0. The molecular weight excluding hydrogens is 244 g/mol. The van der Waals surface area contributed by atoms with E-state index >= 15 is 0 Å². The van der Waals surface area contributed by atoms with Gasteiger partial charge in [0.25, 0.3) is 0 Å². The van der Waals surface area contributed by atoms with Crippen molar-refractivity contribution in [3.63, 3.8) is 0 Å². The molecule has 4 aliphatic rings. The molecule has 2 saturated carbocycles. The Kier molecular flexibility index (Phi) is 2.77. The maximum Gasteiger partial charge on any atom is 0.0596 e. The predicted octanol–water partition coefficient (Wildman–Crippen LogP) is 4.48. The first kappa shape index (κ1) is 13.1. The second-order valence-electron chi connectivity index (χ2n) is 8.27. The highest BCUT2D eigenvalue weighted by Crippen LogP contribution is 2.64. The molecule has 6 atom stereocenters. The lowest BCUT2D eigenvalue weighted by Crippen LogP contribution is -2.49. The predicted molar refractivity (Wildman–Crippen MR) is 82.2 cm³/mol. The molecule has 0 saturated heterocycles. The summed E-state index contributed by atoms with van der Waals surface area (Å²) in [5.74, 6) is 2.44. The molecule has 1 N–H and O–H groups in total. The largest absolute Gasteiger partial charge is 0.393 e. The van der Waals surface area contributed by atoms with Crippen LogP contribution < -0.4 is 0 Å². The summed E-state index contributed by atoms with van der Waals surface area (Å²) in [6, 6.07) is 0. The van der Waals surface area contributed by atoms with Crippen LogP contribution in [0.4, 0.5) is 0 Å². The fraction of sp³-hybridized carbons (Fsp3) is 0.789. The van der Waals surface area contributed by atoms with Gasteiger partial charge >= 0.3 is 0 Å². The van der Waals surface area contributed by atoms with E-state index in [1.807, 2.05) is 0 Å². The van der Waals surface area contributed by atoms with Crippen molar-refractivity contribution in [2.24, 2.45) is 28.6 Å². The summed E-state index contributed by atoms with van der Waals surface area (Å²) >= 11 is 0. The highest BCUT2D eigenvalue weighted by Gasteiger charge is 2.57. The fourth-order valence-corrected chi connectivity index (χ4v) is 6.27. The van der Waals surface area contributed by atoms with Gasteiger partial charge in [0.1, 0.15) is 0 Å². The zero-order valence-corrected chi connectivity index (χ0v) is 12.9. The third-order valence-electron chi connectivity index (χ3n) is 7.60. The van der Waals surface area contributed by atoms with Crippen LogP contribution >= 0.6 is 0 Å². The highest BCUT2D eigenvalue weighted by atomic mass is 16.3. The average Bonchev–Trinajstić information content (AvgIpc) is 2.74. The van der Waals surface area contributed by atoms with Crippen LogP contribution in [0.1, 0.15) is 58.8 Å². The molecule has 0 unspecified atom stereocenters. The smallest absolute Gasteiger partial charge is 0.0596 e. The molecule has 0 amide bonds. The maximum atomic E-state index is 10.4. The SMILES string of the molecule is C[C@]12CC[C@H]3[C@@H](CC=C4C=CCC[C@@]43C)[C@@H]1CC[C@@H]2O. The molecule has 0 aromatic heterocycles. The monoisotopic (exact) mass is 272 g/mol. The first-order chi connectivity index (χ1) is 9.56. The average molecular weight is 272 g/mol. The molecule has 20 heavy (non-hydrogen) atoms. The minimum Gasteiger partial charge on any atom is -0.393 e. The lowest BCUT2D eigenvalue weighted by atomic mass is 9.49. The van der Waals surface area contributed by atoms with Crippen molar-refractivity contribution >= 4 is 0 Å². The van der Waals surface area contributed by atoms with Gasteiger partial charge in [-0.2, -0.15) is 0 Å². The number of rotatable bonds is 0. The van der Waals surface area contributed by atoms with E-state index < -0.39 is 0 Å². The van der Waals surface area contributed by atoms with Crippen molar-refractivity contribution in [2.45, 2.75) is 64.9 Å². The number of fused-ring (bicyclic) bond motifs is 5. The van der Waals surface area contributed by atoms with Crippen LogP contribution in [0.25, 0.3) is 0 Å². The van der Waals surface area contributed by atoms with E-state index in [1.165, 1.54) is 38.5 Å². The first-order valence-corrected chi connectivity index (χ1v) is 8.61. The molecule has 1 nitrogen and oxygen atoms in total. The quantitative estimate of drug-likeness (QED) is 0.689. The molecular formula is C19H28O. The number of hydrogen-bond acceptors (Lipinski definition) is 1. The van der Waals surface area contributed by atoms with E-state index in [0.717, 1.165) is 24.2 Å². The summed E-state index contributed by atoms with van der Waals surface area (Å²) in [6.07, 6.45) is 16.0. The molecule has 1 heteroatoms. The van der Waals surface area contributed by atoms with E-state index in [0.29, 0.717) is 5.41 Å². The summed E-state index contributed by atoms with van der Waals surface area (Å²) in [6.45, 7) is 4.89. The van der Waals surface area contributed by atoms with E-state index in [-0.39, 0.29) is 11.5 Å². The van der Waals surface area contributed by atoms with Gasteiger partial charge in [0.15, 0.2) is 0 Å². The Hall–Kier alpha value is -0.560. The molecule has 0 spiro atoms. The van der Waals surface area contributed by atoms with Crippen LogP contribution in [0.15, 0.2) is 23.8 Å². The fourth-order valence-electron chi connectivity index (χ4n) is 6.27. The van der Waals surface area contributed by atoms with Crippen LogP contribution in [-0.4, -0.2) is 11.2 Å². The van der Waals surface area contributed by atoms with E-state index in [1.54, 1.807) is 5.57 Å². The summed E-state index contributed by atoms with van der Waals surface area (Å²) in [5, 5.41) is 10.4. The lowest BCUT2D eigenvalue weighted by molar-refractivity contribution is -0.0624. The van der Waals surface area contributed by atoms with E-state index in [9.17, 15) is 5.11 Å². The van der Waals surface area contributed by atoms with Gasteiger partial charge in [0, 0.05) is 0 Å². The Labute approximate surface area is 123 Å². The van der Waals surface area contributed by atoms with Crippen molar-refractivity contribution in [3.05, 3.63) is 23.8 Å². The van der Waals surface area contributed by atoms with Crippen molar-refractivity contribution < 1.29 is 5.11 Å². The Morgan fingerprint density at radius 2 is 1.95 bits per heavy atom. The molecule has 4 aliphatic carbocycles. The minimum absolute atomic E-state index is 0.0436. The topological polar surface area (TPSA) is 20.2 Å². The maximum absolute atomic E-state index is 10.4. The number of aliphatic hydroxyl groups is 1. The lowest BCUT2D eigenvalue weighted by Gasteiger charge is -2.56. The van der Waals surface area contributed by atoms with Crippen LogP contribution in [0.2, 0.25) is 0 Å². The van der Waals surface area contributed by atoms with Gasteiger partial charge in [0.2, 0.25) is 0 Å². The second kappa shape index (κ2) is 4.22. The zero-order valence-electron chi connectivity index (χ0n) is 12.9. The van der Waals surface area contributed by atoms with E-state index in [2.05, 4.69) is 32.1 Å². The minimum atomic E-state index is -0.0436. The third kappa shape index (κ3) is 1.53. The van der Waals surface area contributed by atoms with Gasteiger partial charge in [-0.1, -0.05) is 32.1 Å². The van der Waals surface area contributed by atoms with Crippen LogP contribution in [0, 0.1) is 28.6 Å². The summed E-state index contributed by atoms with van der Waals surface area (Å²) < 4.78 is 0. The van der Waals surface area contributed by atoms with Crippen molar-refractivity contribution in [3.8, 4) is 0 Å². The van der Waals surface area contributed by atoms with Crippen LogP contribution in [0.5, 0.6) is 0 Å². The molecule has 0 aromatic carbocycles. The first-order valence-electron chi connectivity index (χ1n) is 8.61. The Morgan fingerprint density at radius 1 is 1.10 bits per heavy atom. The van der Waals surface area contributed by atoms with Gasteiger partial charge in [0.05, 0.1) is 6.10 Å². The number of allylic oxidation sites excluding steroid dienone is 4. The van der Waals surface area contributed by atoms with Gasteiger partial charge in [-0.05, 0) is 79.1 Å². The second-order valence-corrected chi connectivity index (χ2v) is 8.27. The van der Waals surface area contributed by atoms with Gasteiger partial charge in [-0.3, -0.25) is 0 Å². The Bertz CT molecular complexity index is 476. The molecule has 0 radical (unpaired) electrons. The van der Waals surface area contributed by atoms with E-state index in [4.69, 9.17) is 0 Å². The van der Waals surface area contributed by atoms with Gasteiger partial charge < -0.3 is 5.11 Å². The normalized spacial score (nSPS) is 53.9. The molecule has 110 valence electrons. The van der Waals surface area contributed by atoms with Crippen molar-refractivity contribution in [2.75, 3.05) is 0 Å². The molecule has 0 bridgehead atoms. The van der Waals surface area contributed by atoms with Gasteiger partial charge in [-0.15, -0.1) is 0 Å². The number of aliphatic hydroxyl groups excluding tert-OH is 1. The molecule has 0 aromatic rings. The van der Waals surface area contributed by atoms with Crippen LogP contribution in [0.3, 0.4) is 0 Å². The Balaban J connectivity index is 1.72. The number of hydrogen-bond donors (Lipinski definition) is 1. The van der Waals surface area contributed by atoms with Crippen molar-refractivity contribution in [1.82, 2.24) is 0 Å². The highest BCUT2D eigenvalue weighted by molar-refractivity contribution is 5.34. The van der Waals surface area contributed by atoms with Crippen LogP contribution in [-0.2, 0) is 0 Å². The Morgan fingerprint density at radius 3 is 2.80 bits per heavy atom. The molecule has 4 rings (SSSR count). The molecule has 0 heterocycles. The molecule has 0 aliphatic heterocycles. The summed E-state index contributed by atoms with van der Waals surface area (Å²) in [4.78, 5) is 0. The summed E-state index contributed by atoms with van der Waals surface area (Å²) in [7, 11) is 0.